The van der Waals surface area contributed by atoms with E-state index in [4.69, 9.17) is 0 Å². The summed E-state index contributed by atoms with van der Waals surface area (Å²) < 4.78 is 14.0. The third-order valence-electron chi connectivity index (χ3n) is 4.33. The summed E-state index contributed by atoms with van der Waals surface area (Å²) in [5.74, 6) is -0.124. The van der Waals surface area contributed by atoms with Gasteiger partial charge in [0, 0.05) is 37.6 Å². The van der Waals surface area contributed by atoms with Crippen LogP contribution in [0.15, 0.2) is 24.0 Å². The minimum atomic E-state index is -0.852. The zero-order valence-electron chi connectivity index (χ0n) is 13.7. The minimum Gasteiger partial charge on any atom is -0.340 e. The number of likely N-dealkylation sites (tertiary alicyclic amines) is 1. The van der Waals surface area contributed by atoms with Gasteiger partial charge in [-0.15, -0.1) is 11.3 Å². The van der Waals surface area contributed by atoms with Crippen molar-refractivity contribution >= 4 is 17.2 Å². The highest BCUT2D eigenvalue weighted by Crippen LogP contribution is 2.25. The maximum Gasteiger partial charge on any atom is 0.255 e. The Bertz CT molecular complexity index is 695. The van der Waals surface area contributed by atoms with Crippen molar-refractivity contribution in [2.45, 2.75) is 32.1 Å². The molecule has 2 aromatic heterocycles. The summed E-state index contributed by atoms with van der Waals surface area (Å²) in [4.78, 5) is 21.6. The Morgan fingerprint density at radius 1 is 1.50 bits per heavy atom. The van der Waals surface area contributed by atoms with Gasteiger partial charge in [0.2, 0.25) is 0 Å². The van der Waals surface area contributed by atoms with Crippen molar-refractivity contribution in [3.8, 4) is 0 Å². The molecule has 3 rings (SSSR count). The summed E-state index contributed by atoms with van der Waals surface area (Å²) in [5, 5.41) is 7.41. The smallest absolute Gasteiger partial charge is 0.255 e. The number of alkyl halides is 1. The first kappa shape index (κ1) is 16.9. The molecule has 0 bridgehead atoms. The number of aryl methyl sites for hydroxylation is 1. The number of hydrogen-bond acceptors (Lipinski definition) is 6. The first-order chi connectivity index (χ1) is 11.5. The maximum absolute atomic E-state index is 14.0. The van der Waals surface area contributed by atoms with E-state index in [1.54, 1.807) is 29.4 Å². The summed E-state index contributed by atoms with van der Waals surface area (Å²) >= 11 is 1.59. The standard InChI is InChI=1S/C16H20FN5OS/c1-11-15(24-10-18-11)9-22-7-13(17)5-14(22)8-21(2)16(23)12-3-4-19-20-6-12/h3-4,6,10,13-14H,5,7-9H2,1-2H3/t13-,14-/m0/s1. The number of carbonyl (C=O) groups excluding carboxylic acids is 1. The molecular formula is C16H20FN5OS. The highest BCUT2D eigenvalue weighted by atomic mass is 32.1. The fourth-order valence-corrected chi connectivity index (χ4v) is 3.81. The number of likely N-dealkylation sites (N-methyl/N-ethyl adjacent to an activating group) is 1. The lowest BCUT2D eigenvalue weighted by Gasteiger charge is -2.28. The molecule has 0 aromatic carbocycles. The summed E-state index contributed by atoms with van der Waals surface area (Å²) in [6.07, 6.45) is 2.54. The van der Waals surface area contributed by atoms with Gasteiger partial charge in [0.1, 0.15) is 6.17 Å². The van der Waals surface area contributed by atoms with Gasteiger partial charge < -0.3 is 4.90 Å². The second-order valence-corrected chi connectivity index (χ2v) is 7.03. The molecule has 8 heteroatoms. The Labute approximate surface area is 144 Å². The minimum absolute atomic E-state index is 0.00486. The molecule has 1 saturated heterocycles. The van der Waals surface area contributed by atoms with Gasteiger partial charge in [0.05, 0.1) is 29.2 Å². The zero-order valence-corrected chi connectivity index (χ0v) is 14.5. The second-order valence-electron chi connectivity index (χ2n) is 6.09. The van der Waals surface area contributed by atoms with Crippen LogP contribution in [0.25, 0.3) is 0 Å². The summed E-state index contributed by atoms with van der Waals surface area (Å²) in [6.45, 7) is 3.54. The third-order valence-corrected chi connectivity index (χ3v) is 5.25. The Morgan fingerprint density at radius 2 is 2.33 bits per heavy atom. The molecule has 6 nitrogen and oxygen atoms in total. The lowest BCUT2D eigenvalue weighted by Crippen LogP contribution is -2.41. The molecule has 2 atom stereocenters. The van der Waals surface area contributed by atoms with E-state index in [0.717, 1.165) is 10.6 Å². The van der Waals surface area contributed by atoms with Gasteiger partial charge >= 0.3 is 0 Å². The first-order valence-electron chi connectivity index (χ1n) is 7.84. The molecule has 0 N–H and O–H groups in total. The van der Waals surface area contributed by atoms with Gasteiger partial charge in [-0.25, -0.2) is 9.37 Å². The first-order valence-corrected chi connectivity index (χ1v) is 8.71. The zero-order chi connectivity index (χ0) is 17.1. The molecule has 24 heavy (non-hydrogen) atoms. The van der Waals surface area contributed by atoms with E-state index in [2.05, 4.69) is 20.1 Å². The van der Waals surface area contributed by atoms with Gasteiger partial charge in [0.25, 0.3) is 5.91 Å². The molecule has 2 aromatic rings. The van der Waals surface area contributed by atoms with E-state index in [0.29, 0.717) is 31.6 Å². The second kappa shape index (κ2) is 7.31. The molecule has 1 aliphatic heterocycles. The molecule has 1 amide bonds. The van der Waals surface area contributed by atoms with E-state index >= 15 is 0 Å². The fourth-order valence-electron chi connectivity index (χ4n) is 3.01. The van der Waals surface area contributed by atoms with Crippen molar-refractivity contribution in [1.29, 1.82) is 0 Å². The molecule has 128 valence electrons. The molecule has 1 aliphatic rings. The van der Waals surface area contributed by atoms with Crippen molar-refractivity contribution in [2.75, 3.05) is 20.1 Å². The van der Waals surface area contributed by atoms with Gasteiger partial charge in [-0.2, -0.15) is 10.2 Å². The number of thiazole rings is 1. The van der Waals surface area contributed by atoms with E-state index in [-0.39, 0.29) is 11.9 Å². The van der Waals surface area contributed by atoms with Gasteiger partial charge in [-0.05, 0) is 19.4 Å². The van der Waals surface area contributed by atoms with Crippen molar-refractivity contribution in [2.24, 2.45) is 0 Å². The summed E-state index contributed by atoms with van der Waals surface area (Å²) in [6, 6.07) is 1.64. The monoisotopic (exact) mass is 349 g/mol. The number of carbonyl (C=O) groups is 1. The van der Waals surface area contributed by atoms with Gasteiger partial charge in [-0.3, -0.25) is 9.69 Å². The fraction of sp³-hybridized carbons (Fsp3) is 0.500. The van der Waals surface area contributed by atoms with Crippen molar-refractivity contribution in [1.82, 2.24) is 25.0 Å². The van der Waals surface area contributed by atoms with Gasteiger partial charge in [-0.1, -0.05) is 0 Å². The predicted molar refractivity (Wildman–Crippen MR) is 89.6 cm³/mol. The highest BCUT2D eigenvalue weighted by molar-refractivity contribution is 7.09. The highest BCUT2D eigenvalue weighted by Gasteiger charge is 2.34. The largest absolute Gasteiger partial charge is 0.340 e. The average Bonchev–Trinajstić information content (AvgIpc) is 3.13. The molecular weight excluding hydrogens is 329 g/mol. The quantitative estimate of drug-likeness (QED) is 0.825. The normalized spacial score (nSPS) is 21.1. The molecule has 0 saturated carbocycles. The Hall–Kier alpha value is -1.93. The number of hydrogen-bond donors (Lipinski definition) is 0. The molecule has 0 spiro atoms. The van der Waals surface area contributed by atoms with E-state index in [1.165, 1.54) is 12.4 Å². The average molecular weight is 349 g/mol. The lowest BCUT2D eigenvalue weighted by atomic mass is 10.2. The SMILES string of the molecule is Cc1ncsc1CN1C[C@@H](F)C[C@H]1CN(C)C(=O)c1ccnnc1. The van der Waals surface area contributed by atoms with Crippen LogP contribution in [0.4, 0.5) is 4.39 Å². The molecule has 0 unspecified atom stereocenters. The topological polar surface area (TPSA) is 62.2 Å². The van der Waals surface area contributed by atoms with Crippen LogP contribution in [0.3, 0.4) is 0 Å². The van der Waals surface area contributed by atoms with Gasteiger partial charge in [0.15, 0.2) is 0 Å². The lowest BCUT2D eigenvalue weighted by molar-refractivity contribution is 0.0749. The molecule has 1 fully saturated rings. The molecule has 0 aliphatic carbocycles. The number of halogens is 1. The number of aromatic nitrogens is 3. The van der Waals surface area contributed by atoms with E-state index in [9.17, 15) is 9.18 Å². The van der Waals surface area contributed by atoms with Crippen LogP contribution in [0.1, 0.15) is 27.3 Å². The predicted octanol–water partition coefficient (Wildman–Crippen LogP) is 1.93. The van der Waals surface area contributed by atoms with Crippen LogP contribution >= 0.6 is 11.3 Å². The third kappa shape index (κ3) is 3.76. The summed E-state index contributed by atoms with van der Waals surface area (Å²) in [7, 11) is 1.74. The van der Waals surface area contributed by atoms with Crippen LogP contribution in [0.2, 0.25) is 0 Å². The van der Waals surface area contributed by atoms with Crippen molar-refractivity contribution < 1.29 is 9.18 Å². The van der Waals surface area contributed by atoms with Crippen molar-refractivity contribution in [3.63, 3.8) is 0 Å². The van der Waals surface area contributed by atoms with Crippen LogP contribution in [0.5, 0.6) is 0 Å². The van der Waals surface area contributed by atoms with E-state index < -0.39 is 6.17 Å². The van der Waals surface area contributed by atoms with Crippen LogP contribution in [0, 0.1) is 6.92 Å². The number of nitrogens with zero attached hydrogens (tertiary/aromatic N) is 5. The maximum atomic E-state index is 14.0. The molecule has 3 heterocycles. The molecule has 0 radical (unpaired) electrons. The van der Waals surface area contributed by atoms with Crippen LogP contribution in [-0.4, -0.2) is 63.2 Å². The van der Waals surface area contributed by atoms with Crippen LogP contribution in [-0.2, 0) is 6.54 Å². The summed E-state index contributed by atoms with van der Waals surface area (Å²) in [5.41, 5.74) is 3.30. The number of amides is 1. The van der Waals surface area contributed by atoms with Crippen molar-refractivity contribution in [3.05, 3.63) is 40.1 Å². The Morgan fingerprint density at radius 3 is 3.00 bits per heavy atom. The van der Waals surface area contributed by atoms with Crippen LogP contribution < -0.4 is 0 Å². The Kier molecular flexibility index (Phi) is 5.15. The Balaban J connectivity index is 1.66. The number of rotatable bonds is 5. The van der Waals surface area contributed by atoms with E-state index in [1.807, 2.05) is 12.4 Å².